The highest BCUT2D eigenvalue weighted by atomic mass is 32.2. The molecule has 0 aromatic carbocycles. The maximum atomic E-state index is 12.5. The van der Waals surface area contributed by atoms with Gasteiger partial charge in [0.2, 0.25) is 5.91 Å². The number of carboxylic acids is 1. The van der Waals surface area contributed by atoms with Crippen molar-refractivity contribution in [3.8, 4) is 0 Å². The summed E-state index contributed by atoms with van der Waals surface area (Å²) in [6.45, 7) is 4.01. The fourth-order valence-corrected chi connectivity index (χ4v) is 3.81. The summed E-state index contributed by atoms with van der Waals surface area (Å²) in [6.07, 6.45) is 3.49. The van der Waals surface area contributed by atoms with Gasteiger partial charge < -0.3 is 10.0 Å². The van der Waals surface area contributed by atoms with E-state index >= 15 is 0 Å². The molecule has 2 atom stereocenters. The molecule has 1 saturated heterocycles. The first-order valence-electron chi connectivity index (χ1n) is 6.55. The lowest BCUT2D eigenvalue weighted by Crippen LogP contribution is -2.47. The van der Waals surface area contributed by atoms with Gasteiger partial charge in [0.05, 0.1) is 11.8 Å². The second kappa shape index (κ2) is 6.26. The fourth-order valence-electron chi connectivity index (χ4n) is 2.32. The SMILES string of the molecule is CC(C)C1SCC(C(=O)O)N1C(=O)Cc1cccnc1. The zero-order valence-electron chi connectivity index (χ0n) is 11.5. The smallest absolute Gasteiger partial charge is 0.327 e. The Morgan fingerprint density at radius 3 is 2.85 bits per heavy atom. The number of hydrogen-bond donors (Lipinski definition) is 1. The third kappa shape index (κ3) is 3.12. The zero-order chi connectivity index (χ0) is 14.7. The first-order chi connectivity index (χ1) is 9.50. The number of pyridine rings is 1. The highest BCUT2D eigenvalue weighted by Crippen LogP contribution is 2.34. The Bertz CT molecular complexity index is 492. The average Bonchev–Trinajstić information content (AvgIpc) is 2.84. The van der Waals surface area contributed by atoms with Crippen LogP contribution in [0.25, 0.3) is 0 Å². The number of thioether (sulfide) groups is 1. The van der Waals surface area contributed by atoms with Crippen molar-refractivity contribution in [3.05, 3.63) is 30.1 Å². The van der Waals surface area contributed by atoms with Crippen LogP contribution in [-0.4, -0.2) is 44.0 Å². The van der Waals surface area contributed by atoms with Crippen molar-refractivity contribution in [3.63, 3.8) is 0 Å². The van der Waals surface area contributed by atoms with Crippen LogP contribution in [0, 0.1) is 5.92 Å². The van der Waals surface area contributed by atoms with Gasteiger partial charge in [-0.25, -0.2) is 4.79 Å². The second-order valence-corrected chi connectivity index (χ2v) is 6.31. The van der Waals surface area contributed by atoms with Gasteiger partial charge in [0.1, 0.15) is 6.04 Å². The highest BCUT2D eigenvalue weighted by Gasteiger charge is 2.42. The van der Waals surface area contributed by atoms with Crippen LogP contribution < -0.4 is 0 Å². The van der Waals surface area contributed by atoms with Gasteiger partial charge in [0.25, 0.3) is 0 Å². The van der Waals surface area contributed by atoms with Crippen LogP contribution in [0.3, 0.4) is 0 Å². The van der Waals surface area contributed by atoms with Crippen molar-refractivity contribution in [2.24, 2.45) is 5.92 Å². The molecule has 20 heavy (non-hydrogen) atoms. The van der Waals surface area contributed by atoms with Gasteiger partial charge in [-0.3, -0.25) is 9.78 Å². The van der Waals surface area contributed by atoms with Crippen molar-refractivity contribution in [2.45, 2.75) is 31.7 Å². The normalized spacial score (nSPS) is 22.2. The van der Waals surface area contributed by atoms with Crippen LogP contribution in [0.2, 0.25) is 0 Å². The van der Waals surface area contributed by atoms with E-state index in [0.29, 0.717) is 5.75 Å². The number of nitrogens with zero attached hydrogens (tertiary/aromatic N) is 2. The number of carbonyl (C=O) groups is 2. The Morgan fingerprint density at radius 2 is 2.30 bits per heavy atom. The van der Waals surface area contributed by atoms with Gasteiger partial charge in [-0.05, 0) is 17.5 Å². The summed E-state index contributed by atoms with van der Waals surface area (Å²) in [7, 11) is 0. The molecule has 1 N–H and O–H groups in total. The molecule has 2 heterocycles. The van der Waals surface area contributed by atoms with Crippen LogP contribution in [-0.2, 0) is 16.0 Å². The van der Waals surface area contributed by atoms with E-state index in [9.17, 15) is 14.7 Å². The van der Waals surface area contributed by atoms with Gasteiger partial charge in [0, 0.05) is 18.1 Å². The largest absolute Gasteiger partial charge is 0.480 e. The van der Waals surface area contributed by atoms with Gasteiger partial charge in [0.15, 0.2) is 0 Å². The standard InChI is InChI=1S/C14H18N2O3S/c1-9(2)13-16(11(8-20-13)14(18)19)12(17)6-10-4-3-5-15-7-10/h3-5,7,9,11,13H,6,8H2,1-2H3,(H,18,19). The summed E-state index contributed by atoms with van der Waals surface area (Å²) in [4.78, 5) is 29.3. The number of aliphatic carboxylic acids is 1. The van der Waals surface area contributed by atoms with E-state index in [1.807, 2.05) is 19.9 Å². The molecule has 1 aliphatic rings. The molecule has 1 fully saturated rings. The fraction of sp³-hybridized carbons (Fsp3) is 0.500. The quantitative estimate of drug-likeness (QED) is 0.914. The molecule has 108 valence electrons. The van der Waals surface area contributed by atoms with E-state index in [2.05, 4.69) is 4.98 Å². The Kier molecular flexibility index (Phi) is 4.65. The monoisotopic (exact) mass is 294 g/mol. The summed E-state index contributed by atoms with van der Waals surface area (Å²) < 4.78 is 0. The number of aromatic nitrogens is 1. The Morgan fingerprint density at radius 1 is 1.55 bits per heavy atom. The predicted octanol–water partition coefficient (Wildman–Crippen LogP) is 1.63. The van der Waals surface area contributed by atoms with E-state index in [0.717, 1.165) is 5.56 Å². The average molecular weight is 294 g/mol. The summed E-state index contributed by atoms with van der Waals surface area (Å²) in [5, 5.41) is 9.21. The highest BCUT2D eigenvalue weighted by molar-refractivity contribution is 8.00. The molecular formula is C14H18N2O3S. The predicted molar refractivity (Wildman–Crippen MR) is 77.3 cm³/mol. The van der Waals surface area contributed by atoms with E-state index in [1.54, 1.807) is 30.2 Å². The number of carboxylic acid groups (broad SMARTS) is 1. The Hall–Kier alpha value is -1.56. The number of rotatable bonds is 4. The summed E-state index contributed by atoms with van der Waals surface area (Å²) in [5.41, 5.74) is 0.807. The maximum Gasteiger partial charge on any atom is 0.327 e. The first kappa shape index (κ1) is 14.8. The molecule has 2 rings (SSSR count). The van der Waals surface area contributed by atoms with Crippen LogP contribution in [0.15, 0.2) is 24.5 Å². The summed E-state index contributed by atoms with van der Waals surface area (Å²) >= 11 is 1.54. The number of carbonyl (C=O) groups excluding carboxylic acids is 1. The molecule has 0 spiro atoms. The Labute approximate surface area is 122 Å². The van der Waals surface area contributed by atoms with E-state index < -0.39 is 12.0 Å². The molecule has 1 aliphatic heterocycles. The van der Waals surface area contributed by atoms with Crippen LogP contribution >= 0.6 is 11.8 Å². The summed E-state index contributed by atoms with van der Waals surface area (Å²) in [6, 6.07) is 2.88. The van der Waals surface area contributed by atoms with Gasteiger partial charge >= 0.3 is 5.97 Å². The van der Waals surface area contributed by atoms with Gasteiger partial charge in [-0.1, -0.05) is 19.9 Å². The molecule has 6 heteroatoms. The van der Waals surface area contributed by atoms with Crippen LogP contribution in [0.1, 0.15) is 19.4 Å². The minimum Gasteiger partial charge on any atom is -0.480 e. The molecule has 2 unspecified atom stereocenters. The molecular weight excluding hydrogens is 276 g/mol. The Balaban J connectivity index is 2.17. The third-order valence-electron chi connectivity index (χ3n) is 3.26. The van der Waals surface area contributed by atoms with Gasteiger partial charge in [-0.15, -0.1) is 11.8 Å². The van der Waals surface area contributed by atoms with Crippen molar-refractivity contribution in [1.82, 2.24) is 9.88 Å². The molecule has 0 bridgehead atoms. The topological polar surface area (TPSA) is 70.5 Å². The third-order valence-corrected chi connectivity index (χ3v) is 4.88. The molecule has 1 aromatic heterocycles. The van der Waals surface area contributed by atoms with Crippen LogP contribution in [0.4, 0.5) is 0 Å². The lowest BCUT2D eigenvalue weighted by molar-refractivity contribution is -0.149. The van der Waals surface area contributed by atoms with E-state index in [4.69, 9.17) is 0 Å². The zero-order valence-corrected chi connectivity index (χ0v) is 12.3. The molecule has 1 amide bonds. The lowest BCUT2D eigenvalue weighted by atomic mass is 10.1. The maximum absolute atomic E-state index is 12.5. The molecule has 0 saturated carbocycles. The van der Waals surface area contributed by atoms with E-state index in [1.165, 1.54) is 4.90 Å². The summed E-state index contributed by atoms with van der Waals surface area (Å²) in [5.74, 6) is -0.395. The first-order valence-corrected chi connectivity index (χ1v) is 7.60. The van der Waals surface area contributed by atoms with Crippen LogP contribution in [0.5, 0.6) is 0 Å². The van der Waals surface area contributed by atoms with Gasteiger partial charge in [-0.2, -0.15) is 0 Å². The van der Waals surface area contributed by atoms with Crippen molar-refractivity contribution in [1.29, 1.82) is 0 Å². The molecule has 1 aromatic rings. The molecule has 0 aliphatic carbocycles. The second-order valence-electron chi connectivity index (χ2n) is 5.16. The van der Waals surface area contributed by atoms with E-state index in [-0.39, 0.29) is 23.6 Å². The minimum absolute atomic E-state index is 0.0692. The van der Waals surface area contributed by atoms with Crippen molar-refractivity contribution in [2.75, 3.05) is 5.75 Å². The minimum atomic E-state index is -0.930. The number of amides is 1. The number of hydrogen-bond acceptors (Lipinski definition) is 4. The van der Waals surface area contributed by atoms with Crippen molar-refractivity contribution < 1.29 is 14.7 Å². The molecule has 5 nitrogen and oxygen atoms in total. The van der Waals surface area contributed by atoms with Crippen molar-refractivity contribution >= 4 is 23.6 Å². The lowest BCUT2D eigenvalue weighted by Gasteiger charge is -2.29. The molecule has 0 radical (unpaired) electrons.